The van der Waals surface area contributed by atoms with Crippen LogP contribution in [0.15, 0.2) is 6.07 Å². The highest BCUT2D eigenvalue weighted by Gasteiger charge is 2.53. The zero-order chi connectivity index (χ0) is 18.6. The zero-order valence-corrected chi connectivity index (χ0v) is 16.2. The quantitative estimate of drug-likeness (QED) is 0.880. The fraction of sp³-hybridized carbons (Fsp3) is 0.700. The highest BCUT2D eigenvalue weighted by molar-refractivity contribution is 5.76. The number of nitrogens with one attached hydrogen (secondary N) is 1. The number of rotatable bonds is 5. The van der Waals surface area contributed by atoms with Gasteiger partial charge in [0.2, 0.25) is 5.91 Å². The molecule has 2 aliphatic carbocycles. The highest BCUT2D eigenvalue weighted by atomic mass is 16.2. The average Bonchev–Trinajstić information content (AvgIpc) is 3.06. The molecular formula is C20H28N6O. The summed E-state index contributed by atoms with van der Waals surface area (Å²) in [7, 11) is 0. The monoisotopic (exact) mass is 368 g/mol. The van der Waals surface area contributed by atoms with E-state index in [0.717, 1.165) is 36.1 Å². The molecule has 1 saturated heterocycles. The molecule has 2 aromatic heterocycles. The normalized spacial score (nSPS) is 23.8. The van der Waals surface area contributed by atoms with Gasteiger partial charge >= 0.3 is 0 Å². The van der Waals surface area contributed by atoms with Crippen molar-refractivity contribution in [3.05, 3.63) is 29.1 Å². The molecule has 1 amide bonds. The van der Waals surface area contributed by atoms with Gasteiger partial charge in [-0.25, -0.2) is 4.98 Å². The summed E-state index contributed by atoms with van der Waals surface area (Å²) in [4.78, 5) is 19.8. The van der Waals surface area contributed by atoms with E-state index in [9.17, 15) is 4.79 Å². The number of nitrogens with zero attached hydrogens (tertiary/aromatic N) is 5. The molecule has 1 spiro atoms. The van der Waals surface area contributed by atoms with Crippen LogP contribution in [-0.2, 0) is 11.3 Å². The summed E-state index contributed by atoms with van der Waals surface area (Å²) in [5.41, 5.74) is 2.34. The number of likely N-dealkylation sites (tertiary alicyclic amines) is 1. The molecule has 0 radical (unpaired) electrons. The molecule has 5 rings (SSSR count). The van der Waals surface area contributed by atoms with Gasteiger partial charge in [0, 0.05) is 43.6 Å². The number of aromatic nitrogens is 5. The molecule has 1 unspecified atom stereocenters. The lowest BCUT2D eigenvalue weighted by Crippen LogP contribution is -2.38. The third-order valence-corrected chi connectivity index (χ3v) is 6.78. The molecule has 1 aliphatic heterocycles. The van der Waals surface area contributed by atoms with E-state index >= 15 is 0 Å². The van der Waals surface area contributed by atoms with E-state index in [1.807, 2.05) is 18.5 Å². The van der Waals surface area contributed by atoms with Crippen LogP contribution >= 0.6 is 0 Å². The number of hydrogen-bond donors (Lipinski definition) is 1. The summed E-state index contributed by atoms with van der Waals surface area (Å²) in [5.74, 6) is 3.09. The largest absolute Gasteiger partial charge is 0.341 e. The van der Waals surface area contributed by atoms with Gasteiger partial charge in [0.25, 0.3) is 0 Å². The molecule has 1 atom stereocenters. The summed E-state index contributed by atoms with van der Waals surface area (Å²) < 4.78 is 1.94. The van der Waals surface area contributed by atoms with Crippen molar-refractivity contribution in [3.8, 4) is 0 Å². The van der Waals surface area contributed by atoms with Crippen LogP contribution in [0.1, 0.15) is 73.4 Å². The molecule has 0 aromatic carbocycles. The number of carbonyl (C=O) groups is 1. The Morgan fingerprint density at radius 1 is 1.33 bits per heavy atom. The molecule has 7 heteroatoms. The fourth-order valence-electron chi connectivity index (χ4n) is 4.90. The summed E-state index contributed by atoms with van der Waals surface area (Å²) in [6, 6.07) is 2.06. The lowest BCUT2D eigenvalue weighted by molar-refractivity contribution is -0.131. The number of aryl methyl sites for hydroxylation is 3. The van der Waals surface area contributed by atoms with Crippen LogP contribution in [0.2, 0.25) is 0 Å². The van der Waals surface area contributed by atoms with Crippen LogP contribution in [0.4, 0.5) is 0 Å². The topological polar surface area (TPSA) is 79.7 Å². The Balaban J connectivity index is 1.28. The van der Waals surface area contributed by atoms with Crippen molar-refractivity contribution >= 4 is 5.91 Å². The number of hydrogen-bond acceptors (Lipinski definition) is 4. The molecule has 1 N–H and O–H groups in total. The van der Waals surface area contributed by atoms with Gasteiger partial charge < -0.3 is 4.90 Å². The number of H-pyrrole nitrogens is 1. The van der Waals surface area contributed by atoms with Crippen LogP contribution in [0.3, 0.4) is 0 Å². The third-order valence-electron chi connectivity index (χ3n) is 6.78. The maximum absolute atomic E-state index is 12.9. The van der Waals surface area contributed by atoms with Crippen molar-refractivity contribution in [1.82, 2.24) is 29.9 Å². The third kappa shape index (κ3) is 2.97. The Morgan fingerprint density at radius 3 is 2.78 bits per heavy atom. The van der Waals surface area contributed by atoms with E-state index in [2.05, 4.69) is 26.3 Å². The SMILES string of the molecule is Cc1cc(C)n(CCC(=O)N2CC(c3nc(C4CC4)n[nH]3)C3(CCC3)C2)n1. The van der Waals surface area contributed by atoms with Crippen molar-refractivity contribution in [1.29, 1.82) is 0 Å². The van der Waals surface area contributed by atoms with Crippen LogP contribution in [0, 0.1) is 19.3 Å². The van der Waals surface area contributed by atoms with Crippen LogP contribution in [-0.4, -0.2) is 48.9 Å². The van der Waals surface area contributed by atoms with Crippen molar-refractivity contribution in [2.75, 3.05) is 13.1 Å². The van der Waals surface area contributed by atoms with E-state index in [0.29, 0.717) is 24.8 Å². The fourth-order valence-corrected chi connectivity index (χ4v) is 4.90. The standard InChI is InChI=1S/C20H28N6O/c1-13-10-14(2)26(24-13)9-6-17(27)25-11-16(20(12-25)7-3-8-20)19-21-18(22-23-19)15-4-5-15/h10,15-16H,3-9,11-12H2,1-2H3,(H,21,22,23). The van der Waals surface area contributed by atoms with Crippen molar-refractivity contribution in [2.24, 2.45) is 5.41 Å². The molecule has 3 fully saturated rings. The van der Waals surface area contributed by atoms with Crippen LogP contribution < -0.4 is 0 Å². The maximum atomic E-state index is 12.9. The van der Waals surface area contributed by atoms with Gasteiger partial charge in [0.15, 0.2) is 5.82 Å². The van der Waals surface area contributed by atoms with E-state index < -0.39 is 0 Å². The second-order valence-corrected chi connectivity index (χ2v) is 8.80. The Kier molecular flexibility index (Phi) is 3.88. The predicted octanol–water partition coefficient (Wildman–Crippen LogP) is 2.68. The summed E-state index contributed by atoms with van der Waals surface area (Å²) in [6.07, 6.45) is 6.58. The van der Waals surface area contributed by atoms with Gasteiger partial charge in [0.1, 0.15) is 5.82 Å². The van der Waals surface area contributed by atoms with Gasteiger partial charge in [-0.1, -0.05) is 6.42 Å². The Labute approximate surface area is 159 Å². The zero-order valence-electron chi connectivity index (χ0n) is 16.2. The number of aromatic amines is 1. The van der Waals surface area contributed by atoms with Gasteiger partial charge in [0.05, 0.1) is 5.69 Å². The lowest BCUT2D eigenvalue weighted by Gasteiger charge is -2.41. The smallest absolute Gasteiger partial charge is 0.224 e. The second kappa shape index (κ2) is 6.17. The molecule has 2 saturated carbocycles. The average molecular weight is 368 g/mol. The van der Waals surface area contributed by atoms with E-state index in [1.165, 1.54) is 32.1 Å². The van der Waals surface area contributed by atoms with Crippen molar-refractivity contribution in [3.63, 3.8) is 0 Å². The lowest BCUT2D eigenvalue weighted by atomic mass is 9.62. The van der Waals surface area contributed by atoms with Gasteiger partial charge in [-0.05, 0) is 51.0 Å². The van der Waals surface area contributed by atoms with Crippen molar-refractivity contribution in [2.45, 2.75) is 70.8 Å². The predicted molar refractivity (Wildman–Crippen MR) is 100 cm³/mol. The first kappa shape index (κ1) is 17.0. The molecule has 0 bridgehead atoms. The van der Waals surface area contributed by atoms with E-state index in [1.54, 1.807) is 0 Å². The van der Waals surface area contributed by atoms with E-state index in [4.69, 9.17) is 4.98 Å². The summed E-state index contributed by atoms with van der Waals surface area (Å²) in [5, 5.41) is 12.1. The van der Waals surface area contributed by atoms with Gasteiger partial charge in [-0.2, -0.15) is 10.2 Å². The Bertz CT molecular complexity index is 860. The first-order valence-electron chi connectivity index (χ1n) is 10.3. The Morgan fingerprint density at radius 2 is 2.15 bits per heavy atom. The minimum absolute atomic E-state index is 0.216. The minimum atomic E-state index is 0.216. The van der Waals surface area contributed by atoms with Crippen LogP contribution in [0.5, 0.6) is 0 Å². The first-order valence-corrected chi connectivity index (χ1v) is 10.3. The molecule has 144 valence electrons. The second-order valence-electron chi connectivity index (χ2n) is 8.80. The van der Waals surface area contributed by atoms with Gasteiger partial charge in [-0.15, -0.1) is 0 Å². The minimum Gasteiger partial charge on any atom is -0.341 e. The van der Waals surface area contributed by atoms with E-state index in [-0.39, 0.29) is 11.3 Å². The summed E-state index contributed by atoms with van der Waals surface area (Å²) in [6.45, 7) is 6.33. The molecule has 3 aliphatic rings. The molecule has 2 aromatic rings. The number of carbonyl (C=O) groups excluding carboxylic acids is 1. The van der Waals surface area contributed by atoms with Crippen molar-refractivity contribution < 1.29 is 4.79 Å². The molecule has 3 heterocycles. The Hall–Kier alpha value is -2.18. The molecular weight excluding hydrogens is 340 g/mol. The molecule has 27 heavy (non-hydrogen) atoms. The highest BCUT2D eigenvalue weighted by Crippen LogP contribution is 2.55. The van der Waals surface area contributed by atoms with Crippen LogP contribution in [0.25, 0.3) is 0 Å². The first-order chi connectivity index (χ1) is 13.0. The van der Waals surface area contributed by atoms with Gasteiger partial charge in [-0.3, -0.25) is 14.6 Å². The summed E-state index contributed by atoms with van der Waals surface area (Å²) >= 11 is 0. The maximum Gasteiger partial charge on any atom is 0.224 e. The number of amides is 1. The molecule has 7 nitrogen and oxygen atoms in total.